The molecule has 0 aromatic heterocycles. The summed E-state index contributed by atoms with van der Waals surface area (Å²) in [5.74, 6) is 0.446. The van der Waals surface area contributed by atoms with E-state index >= 15 is 0 Å². The van der Waals surface area contributed by atoms with Gasteiger partial charge in [0.2, 0.25) is 0 Å². The second kappa shape index (κ2) is 11.7. The summed E-state index contributed by atoms with van der Waals surface area (Å²) in [7, 11) is 0. The van der Waals surface area contributed by atoms with Gasteiger partial charge in [0, 0.05) is 0 Å². The molecule has 0 bridgehead atoms. The van der Waals surface area contributed by atoms with Crippen molar-refractivity contribution in [2.24, 2.45) is 5.92 Å². The van der Waals surface area contributed by atoms with E-state index in [9.17, 15) is 4.39 Å². The number of aryl methyl sites for hydroxylation is 1. The summed E-state index contributed by atoms with van der Waals surface area (Å²) in [4.78, 5) is 0. The number of rotatable bonds is 9. The number of halogens is 1. The number of hydrogen-bond acceptors (Lipinski definition) is 1. The maximum Gasteiger partial charge on any atom is 0.199 e. The Kier molecular flexibility index (Phi) is 9.18. The van der Waals surface area contributed by atoms with Gasteiger partial charge >= 0.3 is 0 Å². The van der Waals surface area contributed by atoms with Crippen LogP contribution in [0.2, 0.25) is 0 Å². The number of unbranched alkanes of at least 4 members (excludes halogenated alkanes) is 4. The van der Waals surface area contributed by atoms with Gasteiger partial charge in [-0.1, -0.05) is 69.0 Å². The first kappa shape index (κ1) is 20.4. The van der Waals surface area contributed by atoms with E-state index in [-0.39, 0.29) is 0 Å². The Morgan fingerprint density at radius 2 is 1.77 bits per heavy atom. The molecule has 0 heterocycles. The van der Waals surface area contributed by atoms with E-state index in [4.69, 9.17) is 5.26 Å². The number of allylic oxidation sites excluding steroid dienone is 4. The normalized spacial score (nSPS) is 21.0. The van der Waals surface area contributed by atoms with Gasteiger partial charge in [0.15, 0.2) is 5.83 Å². The maximum absolute atomic E-state index is 12.8. The van der Waals surface area contributed by atoms with E-state index < -0.39 is 5.83 Å². The molecule has 1 aromatic carbocycles. The average Bonchev–Trinajstić information content (AvgIpc) is 2.69. The third-order valence-electron chi connectivity index (χ3n) is 5.52. The summed E-state index contributed by atoms with van der Waals surface area (Å²) in [5, 5.41) is 8.41. The van der Waals surface area contributed by atoms with Crippen molar-refractivity contribution in [2.75, 3.05) is 0 Å². The van der Waals surface area contributed by atoms with Crippen LogP contribution in [0.3, 0.4) is 0 Å². The molecule has 2 rings (SSSR count). The minimum absolute atomic E-state index is 0.511. The lowest BCUT2D eigenvalue weighted by Crippen LogP contribution is -2.11. The van der Waals surface area contributed by atoms with Crippen molar-refractivity contribution >= 4 is 0 Å². The van der Waals surface area contributed by atoms with Crippen LogP contribution < -0.4 is 0 Å². The Labute approximate surface area is 158 Å². The topological polar surface area (TPSA) is 23.8 Å². The molecule has 1 aromatic rings. The van der Waals surface area contributed by atoms with Crippen LogP contribution in [0.5, 0.6) is 0 Å². The zero-order valence-electron chi connectivity index (χ0n) is 16.1. The van der Waals surface area contributed by atoms with Crippen LogP contribution in [0, 0.1) is 17.2 Å². The van der Waals surface area contributed by atoms with Gasteiger partial charge in [-0.2, -0.15) is 9.65 Å². The molecule has 1 saturated carbocycles. The first-order valence-corrected chi connectivity index (χ1v) is 10.3. The third kappa shape index (κ3) is 7.16. The molecule has 0 saturated heterocycles. The zero-order valence-corrected chi connectivity index (χ0v) is 16.1. The lowest BCUT2D eigenvalue weighted by Gasteiger charge is -2.27. The molecular formula is C24H32FN. The summed E-state index contributed by atoms with van der Waals surface area (Å²) in [5.41, 5.74) is 2.94. The first-order chi connectivity index (χ1) is 12.7. The molecule has 0 N–H and O–H groups in total. The second-order valence-electron chi connectivity index (χ2n) is 7.53. The Balaban J connectivity index is 1.74. The molecule has 0 aliphatic heterocycles. The molecule has 1 aliphatic rings. The fourth-order valence-corrected chi connectivity index (χ4v) is 3.87. The Hall–Kier alpha value is -1.88. The average molecular weight is 354 g/mol. The molecular weight excluding hydrogens is 321 g/mol. The van der Waals surface area contributed by atoms with Gasteiger partial charge in [-0.25, -0.2) is 0 Å². The highest BCUT2D eigenvalue weighted by Gasteiger charge is 2.20. The smallest absolute Gasteiger partial charge is 0.195 e. The van der Waals surface area contributed by atoms with Crippen LogP contribution in [-0.4, -0.2) is 0 Å². The van der Waals surface area contributed by atoms with Gasteiger partial charge in [0.05, 0.1) is 0 Å². The summed E-state index contributed by atoms with van der Waals surface area (Å²) >= 11 is 0. The quantitative estimate of drug-likeness (QED) is 0.258. The third-order valence-corrected chi connectivity index (χ3v) is 5.52. The van der Waals surface area contributed by atoms with Gasteiger partial charge in [-0.15, -0.1) is 0 Å². The summed E-state index contributed by atoms with van der Waals surface area (Å²) in [6.45, 7) is 2.26. The number of benzene rings is 1. The van der Waals surface area contributed by atoms with E-state index in [2.05, 4.69) is 37.3 Å². The van der Waals surface area contributed by atoms with E-state index in [0.717, 1.165) is 12.8 Å². The fraction of sp³-hybridized carbons (Fsp3) is 0.542. The van der Waals surface area contributed by atoms with Crippen molar-refractivity contribution < 1.29 is 4.39 Å². The number of hydrogen-bond donors (Lipinski definition) is 0. The molecule has 0 spiro atoms. The summed E-state index contributed by atoms with van der Waals surface area (Å²) < 4.78 is 12.8. The van der Waals surface area contributed by atoms with Crippen LogP contribution in [0.4, 0.5) is 4.39 Å². The largest absolute Gasteiger partial charge is 0.199 e. The molecule has 140 valence electrons. The van der Waals surface area contributed by atoms with E-state index in [1.807, 2.05) is 0 Å². The first-order valence-electron chi connectivity index (χ1n) is 10.3. The van der Waals surface area contributed by atoms with Crippen LogP contribution in [0.1, 0.15) is 81.8 Å². The summed E-state index contributed by atoms with van der Waals surface area (Å²) in [6.07, 6.45) is 17.6. The van der Waals surface area contributed by atoms with Gasteiger partial charge in [0.1, 0.15) is 6.07 Å². The summed E-state index contributed by atoms with van der Waals surface area (Å²) in [6, 6.07) is 10.8. The van der Waals surface area contributed by atoms with Crippen LogP contribution >= 0.6 is 0 Å². The molecule has 2 heteroatoms. The molecule has 1 aliphatic carbocycles. The molecule has 1 nitrogen and oxygen atoms in total. The van der Waals surface area contributed by atoms with E-state index in [1.54, 1.807) is 6.08 Å². The van der Waals surface area contributed by atoms with E-state index in [0.29, 0.717) is 11.8 Å². The van der Waals surface area contributed by atoms with Crippen molar-refractivity contribution in [2.45, 2.75) is 77.0 Å². The van der Waals surface area contributed by atoms with Gasteiger partial charge < -0.3 is 0 Å². The maximum atomic E-state index is 12.8. The predicted molar refractivity (Wildman–Crippen MR) is 108 cm³/mol. The second-order valence-corrected chi connectivity index (χ2v) is 7.53. The Bertz CT molecular complexity index is 613. The van der Waals surface area contributed by atoms with Crippen molar-refractivity contribution in [3.05, 3.63) is 59.4 Å². The molecule has 26 heavy (non-hydrogen) atoms. The number of nitrogens with zero attached hydrogens (tertiary/aromatic N) is 1. The van der Waals surface area contributed by atoms with Crippen molar-refractivity contribution in [1.29, 1.82) is 5.26 Å². The SMILES string of the molecule is CCCCCCCc1ccc([C@H]2CC[C@H](C=CC=C(F)C#N)CC2)cc1. The van der Waals surface area contributed by atoms with Gasteiger partial charge in [-0.05, 0) is 67.6 Å². The molecule has 1 fully saturated rings. The Morgan fingerprint density at radius 1 is 1.08 bits per heavy atom. The highest BCUT2D eigenvalue weighted by molar-refractivity contribution is 5.26. The standard InChI is InChI=1S/C24H32FN/c1-2-3-4-5-6-8-20-11-15-22(16-12-20)23-17-13-21(14-18-23)9-7-10-24(25)19-26/h7,9-12,15-16,21,23H,2-6,8,13-14,17-18H2,1H3/t21-,23-. The minimum atomic E-state index is -0.722. The molecule has 0 radical (unpaired) electrons. The molecule has 0 unspecified atom stereocenters. The zero-order chi connectivity index (χ0) is 18.6. The van der Waals surface area contributed by atoms with E-state index in [1.165, 1.54) is 74.6 Å². The highest BCUT2D eigenvalue weighted by Crippen LogP contribution is 2.36. The predicted octanol–water partition coefficient (Wildman–Crippen LogP) is 7.41. The lowest BCUT2D eigenvalue weighted by atomic mass is 9.78. The number of nitriles is 1. The van der Waals surface area contributed by atoms with Crippen molar-refractivity contribution in [3.63, 3.8) is 0 Å². The van der Waals surface area contributed by atoms with Gasteiger partial charge in [-0.3, -0.25) is 0 Å². The van der Waals surface area contributed by atoms with Crippen LogP contribution in [-0.2, 0) is 6.42 Å². The van der Waals surface area contributed by atoms with Crippen molar-refractivity contribution in [3.8, 4) is 6.07 Å². The van der Waals surface area contributed by atoms with Crippen molar-refractivity contribution in [1.82, 2.24) is 0 Å². The Morgan fingerprint density at radius 3 is 2.42 bits per heavy atom. The molecule has 0 atom stereocenters. The van der Waals surface area contributed by atoms with Gasteiger partial charge in [0.25, 0.3) is 0 Å². The monoisotopic (exact) mass is 353 g/mol. The minimum Gasteiger partial charge on any atom is -0.195 e. The lowest BCUT2D eigenvalue weighted by molar-refractivity contribution is 0.376. The fourth-order valence-electron chi connectivity index (χ4n) is 3.87. The van der Waals surface area contributed by atoms with Crippen LogP contribution in [0.25, 0.3) is 0 Å². The highest BCUT2D eigenvalue weighted by atomic mass is 19.1. The van der Waals surface area contributed by atoms with Crippen LogP contribution in [0.15, 0.2) is 48.3 Å². The molecule has 0 amide bonds.